The highest BCUT2D eigenvalue weighted by Crippen LogP contribution is 2.48. The number of anilines is 1. The van der Waals surface area contributed by atoms with Gasteiger partial charge in [0.2, 0.25) is 0 Å². The van der Waals surface area contributed by atoms with Crippen LogP contribution in [0.15, 0.2) is 65.1 Å². The van der Waals surface area contributed by atoms with E-state index in [4.69, 9.17) is 13.9 Å². The summed E-state index contributed by atoms with van der Waals surface area (Å²) in [7, 11) is 1.56. The molecular weight excluding hydrogens is 535 g/mol. The quantitative estimate of drug-likeness (QED) is 0.262. The van der Waals surface area contributed by atoms with Crippen LogP contribution >= 0.6 is 0 Å². The van der Waals surface area contributed by atoms with Crippen molar-refractivity contribution in [1.82, 2.24) is 5.32 Å². The largest absolute Gasteiger partial charge is 0.755 e. The van der Waals surface area contributed by atoms with E-state index in [2.05, 4.69) is 5.32 Å². The number of halogens is 1. The van der Waals surface area contributed by atoms with Gasteiger partial charge in [-0.05, 0) is 91.8 Å². The number of hydrogen-bond donors (Lipinski definition) is 1. The Bertz CT molecular complexity index is 1560. The van der Waals surface area contributed by atoms with Gasteiger partial charge < -0.3 is 23.8 Å². The average molecular weight is 564 g/mol. The molecule has 208 valence electrons. The fraction of sp³-hybridized carbons (Fsp3) is 0.300. The van der Waals surface area contributed by atoms with Crippen LogP contribution < -0.4 is 14.4 Å². The van der Waals surface area contributed by atoms with Crippen LogP contribution in [0.5, 0.6) is 11.5 Å². The van der Waals surface area contributed by atoms with Gasteiger partial charge in [0.05, 0.1) is 11.3 Å². The third-order valence-electron chi connectivity index (χ3n) is 7.39. The number of ether oxygens (including phenoxy) is 2. The monoisotopic (exact) mass is 563 g/mol. The summed E-state index contributed by atoms with van der Waals surface area (Å²) in [6.45, 7) is 1.01. The molecule has 0 bridgehead atoms. The van der Waals surface area contributed by atoms with Gasteiger partial charge in [0.25, 0.3) is 5.91 Å². The number of amides is 1. The van der Waals surface area contributed by atoms with Crippen LogP contribution in [0, 0.1) is 5.82 Å². The molecule has 8 nitrogen and oxygen atoms in total. The number of hydrogen-bond acceptors (Lipinski definition) is 6. The number of nitrogens with zero attached hydrogens (tertiary/aromatic N) is 1. The zero-order valence-electron chi connectivity index (χ0n) is 21.9. The lowest BCUT2D eigenvalue weighted by Gasteiger charge is -2.37. The Morgan fingerprint density at radius 1 is 1.02 bits per heavy atom. The number of rotatable bonds is 8. The molecule has 0 radical (unpaired) electrons. The summed E-state index contributed by atoms with van der Waals surface area (Å²) < 4.78 is 57.3. The average Bonchev–Trinajstić information content (AvgIpc) is 3.75. The van der Waals surface area contributed by atoms with Crippen molar-refractivity contribution in [2.75, 3.05) is 24.6 Å². The van der Waals surface area contributed by atoms with Crippen molar-refractivity contribution in [2.24, 2.45) is 0 Å². The highest BCUT2D eigenvalue weighted by Gasteiger charge is 2.33. The van der Waals surface area contributed by atoms with Crippen molar-refractivity contribution in [3.8, 4) is 22.8 Å². The van der Waals surface area contributed by atoms with E-state index in [1.165, 1.54) is 16.4 Å². The predicted octanol–water partition coefficient (Wildman–Crippen LogP) is 6.05. The molecule has 0 spiro atoms. The molecule has 1 aromatic heterocycles. The predicted molar refractivity (Wildman–Crippen MR) is 149 cm³/mol. The van der Waals surface area contributed by atoms with Crippen molar-refractivity contribution in [3.05, 3.63) is 77.6 Å². The number of fused-ring (bicyclic) bond motifs is 1. The Kier molecular flexibility index (Phi) is 7.31. The molecule has 40 heavy (non-hydrogen) atoms. The van der Waals surface area contributed by atoms with Gasteiger partial charge >= 0.3 is 0 Å². The topological polar surface area (TPSA) is 104 Å². The van der Waals surface area contributed by atoms with Gasteiger partial charge in [-0.15, -0.1) is 0 Å². The van der Waals surface area contributed by atoms with Gasteiger partial charge in [0.15, 0.2) is 0 Å². The van der Waals surface area contributed by atoms with Crippen LogP contribution in [0.3, 0.4) is 0 Å². The number of carbonyl (C=O) groups is 1. The molecule has 3 aromatic carbocycles. The summed E-state index contributed by atoms with van der Waals surface area (Å²) >= 11 is -2.49. The molecule has 4 aromatic rings. The first-order valence-electron chi connectivity index (χ1n) is 13.3. The highest BCUT2D eigenvalue weighted by atomic mass is 32.2. The van der Waals surface area contributed by atoms with Crippen LogP contribution in [0.2, 0.25) is 0 Å². The normalized spacial score (nSPS) is 16.6. The van der Waals surface area contributed by atoms with E-state index in [1.807, 2.05) is 6.07 Å². The fourth-order valence-electron chi connectivity index (χ4n) is 5.25. The molecular formula is C30H28FN2O6S-. The summed E-state index contributed by atoms with van der Waals surface area (Å²) in [4.78, 5) is 13.1. The number of furan rings is 1. The molecule has 2 heterocycles. The van der Waals surface area contributed by atoms with Crippen molar-refractivity contribution >= 4 is 33.8 Å². The Balaban J connectivity index is 1.42. The molecule has 1 atom stereocenters. The van der Waals surface area contributed by atoms with Gasteiger partial charge in [-0.25, -0.2) is 4.39 Å². The smallest absolute Gasteiger partial charge is 0.255 e. The fourth-order valence-corrected chi connectivity index (χ4v) is 6.02. The maximum Gasteiger partial charge on any atom is 0.255 e. The van der Waals surface area contributed by atoms with Crippen LogP contribution in [-0.4, -0.2) is 41.0 Å². The summed E-state index contributed by atoms with van der Waals surface area (Å²) in [5.41, 5.74) is 2.98. The van der Waals surface area contributed by atoms with Crippen molar-refractivity contribution in [2.45, 2.75) is 37.6 Å². The van der Waals surface area contributed by atoms with Crippen molar-refractivity contribution in [1.29, 1.82) is 0 Å². The molecule has 1 unspecified atom stereocenters. The van der Waals surface area contributed by atoms with E-state index in [0.29, 0.717) is 71.1 Å². The summed E-state index contributed by atoms with van der Waals surface area (Å²) in [5.74, 6) is 0.986. The molecule has 1 aliphatic carbocycles. The minimum absolute atomic E-state index is 0.205. The van der Waals surface area contributed by atoms with Crippen LogP contribution in [-0.2, 0) is 16.0 Å². The van der Waals surface area contributed by atoms with E-state index in [-0.39, 0.29) is 23.7 Å². The molecule has 2 aliphatic rings. The summed E-state index contributed by atoms with van der Waals surface area (Å²) in [6, 6.07) is 16.3. The van der Waals surface area contributed by atoms with E-state index < -0.39 is 11.3 Å². The zero-order valence-corrected chi connectivity index (χ0v) is 22.7. The lowest BCUT2D eigenvalue weighted by Crippen LogP contribution is -2.41. The Morgan fingerprint density at radius 3 is 2.27 bits per heavy atom. The van der Waals surface area contributed by atoms with Gasteiger partial charge in [-0.3, -0.25) is 13.3 Å². The van der Waals surface area contributed by atoms with E-state index in [0.717, 1.165) is 18.4 Å². The molecule has 6 rings (SSSR count). The standard InChI is InChI=1S/C30H29FN2O6S/c1-32-30(34)28-25-16-24(18-2-3-18)26(33(40(35)36)21-12-14-37-15-13-21)17-27(25)39-29(28)19-4-8-22(9-5-19)38-23-10-6-20(31)7-11-23/h4-11,16-18,21H,2-3,12-15H2,1H3,(H,32,34)(H,35,36)/p-1. The van der Waals surface area contributed by atoms with Crippen LogP contribution in [0.4, 0.5) is 10.1 Å². The Labute approximate surface area is 233 Å². The van der Waals surface area contributed by atoms with Gasteiger partial charge in [-0.1, -0.05) is 0 Å². The third-order valence-corrected chi connectivity index (χ3v) is 8.21. The van der Waals surface area contributed by atoms with Gasteiger partial charge in [0.1, 0.15) is 28.7 Å². The maximum atomic E-state index is 13.2. The highest BCUT2D eigenvalue weighted by molar-refractivity contribution is 7.80. The number of carbonyl (C=O) groups excluding carboxylic acids is 1. The van der Waals surface area contributed by atoms with Gasteiger partial charge in [0, 0.05) is 54.6 Å². The number of nitrogens with one attached hydrogen (secondary N) is 1. The van der Waals surface area contributed by atoms with Crippen molar-refractivity contribution in [3.63, 3.8) is 0 Å². The lowest BCUT2D eigenvalue weighted by molar-refractivity contribution is 0.0874. The second-order valence-corrected chi connectivity index (χ2v) is 10.9. The Hall–Kier alpha value is -3.73. The van der Waals surface area contributed by atoms with E-state index >= 15 is 0 Å². The summed E-state index contributed by atoms with van der Waals surface area (Å²) in [6.07, 6.45) is 3.13. The second-order valence-electron chi connectivity index (χ2n) is 10.0. The minimum atomic E-state index is -2.49. The first kappa shape index (κ1) is 26.5. The molecule has 1 aliphatic heterocycles. The maximum absolute atomic E-state index is 13.2. The van der Waals surface area contributed by atoms with E-state index in [1.54, 1.807) is 49.5 Å². The minimum Gasteiger partial charge on any atom is -0.755 e. The summed E-state index contributed by atoms with van der Waals surface area (Å²) in [5, 5.41) is 3.35. The van der Waals surface area contributed by atoms with Crippen LogP contribution in [0.1, 0.15) is 47.5 Å². The SMILES string of the molecule is CNC(=O)c1c(-c2ccc(Oc3ccc(F)cc3)cc2)oc2cc(N(C3CCOCC3)S(=O)[O-])c(C3CC3)cc12. The Morgan fingerprint density at radius 2 is 1.68 bits per heavy atom. The van der Waals surface area contributed by atoms with E-state index in [9.17, 15) is 17.9 Å². The first-order valence-corrected chi connectivity index (χ1v) is 14.3. The first-order chi connectivity index (χ1) is 19.4. The second kappa shape index (κ2) is 11.0. The molecule has 2 fully saturated rings. The third kappa shape index (κ3) is 5.22. The molecule has 1 saturated heterocycles. The molecule has 1 amide bonds. The lowest BCUT2D eigenvalue weighted by atomic mass is 9.99. The van der Waals surface area contributed by atoms with Gasteiger partial charge in [-0.2, -0.15) is 0 Å². The molecule has 1 saturated carbocycles. The number of benzene rings is 3. The van der Waals surface area contributed by atoms with Crippen LogP contribution in [0.25, 0.3) is 22.3 Å². The molecule has 1 N–H and O–H groups in total. The zero-order chi connectivity index (χ0) is 27.8. The molecule has 10 heteroatoms. The van der Waals surface area contributed by atoms with Crippen molar-refractivity contribution < 1.29 is 31.8 Å².